The molecule has 136 heavy (non-hydrogen) atoms. The summed E-state index contributed by atoms with van der Waals surface area (Å²) >= 11 is 0. The van der Waals surface area contributed by atoms with Crippen molar-refractivity contribution in [1.29, 1.82) is 0 Å². The minimum Gasteiger partial charge on any atom is -0.309 e. The van der Waals surface area contributed by atoms with Crippen LogP contribution in [0.5, 0.6) is 0 Å². The van der Waals surface area contributed by atoms with E-state index in [4.69, 9.17) is 24.9 Å². The molecule has 636 valence electrons. The van der Waals surface area contributed by atoms with Crippen molar-refractivity contribution in [3.05, 3.63) is 491 Å². The number of hydrogen-bond acceptors (Lipinski definition) is 5. The number of aromatic nitrogens is 11. The summed E-state index contributed by atoms with van der Waals surface area (Å²) in [7, 11) is 0. The molecule has 0 atom stereocenters. The molecule has 0 saturated heterocycles. The van der Waals surface area contributed by atoms with E-state index in [0.29, 0.717) is 11.9 Å². The molecule has 11 nitrogen and oxygen atoms in total. The zero-order chi connectivity index (χ0) is 89.7. The lowest BCUT2D eigenvalue weighted by molar-refractivity contribution is 0.994. The average Bonchev–Trinajstić information content (AvgIpc) is 1.58. The number of para-hydroxylation sites is 10. The van der Waals surface area contributed by atoms with Crippen molar-refractivity contribution in [2.24, 2.45) is 0 Å². The molecule has 0 fully saturated rings. The standard InChI is InChI=1S/C45H29N3.2C40H26N4/c1-3-13-30(14-4-1)37-29-45(46-40-20-10-7-17-34(37)40)48-42-22-12-9-19-36(42)39-28-32(24-26-44(39)48)31-23-25-43-38(27-31)35-18-8-11-21-41(35)47(43)33-15-5-2-6-16-33;1-3-13-27(14-4-1)34-26-35(28-15-5-2-6-16-28)42-40(41-34)44-38-22-12-9-19-32(38)33-25-29(23-24-39(33)44)43-36-20-10-7-17-30(36)31-18-8-11-21-37(31)43;1-3-13-27(14-4-1)34-26-35(28-15-5-2-6-16-28)42-40(41-34)44-38-22-12-9-19-32(38)33-24-23-29(25-39(33)44)43-36-20-10-7-17-30(36)31-18-8-11-21-37(31)43/h1-29H;2*1-26H. The Balaban J connectivity index is 0.000000106. The zero-order valence-corrected chi connectivity index (χ0v) is 73.7. The third-order valence-electron chi connectivity index (χ3n) is 26.8. The number of pyridine rings is 1. The summed E-state index contributed by atoms with van der Waals surface area (Å²) in [5.41, 5.74) is 30.7. The van der Waals surface area contributed by atoms with E-state index in [2.05, 4.69) is 495 Å². The van der Waals surface area contributed by atoms with Gasteiger partial charge in [-0.1, -0.05) is 352 Å². The van der Waals surface area contributed by atoms with E-state index in [1.165, 1.54) is 120 Å². The summed E-state index contributed by atoms with van der Waals surface area (Å²) in [4.78, 5) is 26.0. The first kappa shape index (κ1) is 78.6. The number of hydrogen-bond donors (Lipinski definition) is 0. The topological polar surface area (TPSA) is 94.0 Å². The number of fused-ring (bicyclic) bond motifs is 19. The van der Waals surface area contributed by atoms with Gasteiger partial charge >= 0.3 is 0 Å². The molecule has 28 aromatic rings. The quantitative estimate of drug-likeness (QED) is 0.121. The Kier molecular flexibility index (Phi) is 19.0. The van der Waals surface area contributed by atoms with Gasteiger partial charge < -0.3 is 13.7 Å². The number of rotatable bonds is 12. The first-order chi connectivity index (χ1) is 67.5. The Morgan fingerprint density at radius 3 is 0.801 bits per heavy atom. The van der Waals surface area contributed by atoms with Crippen LogP contribution in [0.1, 0.15) is 0 Å². The lowest BCUT2D eigenvalue weighted by atomic mass is 10.0. The highest BCUT2D eigenvalue weighted by molar-refractivity contribution is 6.17. The molecule has 0 bridgehead atoms. The van der Waals surface area contributed by atoms with E-state index in [0.717, 1.165) is 112 Å². The Morgan fingerprint density at radius 2 is 0.397 bits per heavy atom. The van der Waals surface area contributed by atoms with Crippen molar-refractivity contribution >= 4 is 142 Å². The molecule has 9 heterocycles. The average molecular weight is 1740 g/mol. The first-order valence-electron chi connectivity index (χ1n) is 46.1. The molecular weight excluding hydrogens is 1660 g/mol. The predicted octanol–water partition coefficient (Wildman–Crippen LogP) is 31.8. The van der Waals surface area contributed by atoms with Gasteiger partial charge in [-0.2, -0.15) is 0 Å². The van der Waals surface area contributed by atoms with Crippen LogP contribution in [-0.2, 0) is 0 Å². The summed E-state index contributed by atoms with van der Waals surface area (Å²) in [6, 6.07) is 174. The van der Waals surface area contributed by atoms with Crippen LogP contribution < -0.4 is 0 Å². The third-order valence-corrected chi connectivity index (χ3v) is 26.8. The van der Waals surface area contributed by atoms with Crippen LogP contribution >= 0.6 is 0 Å². The molecule has 19 aromatic carbocycles. The van der Waals surface area contributed by atoms with Gasteiger partial charge in [-0.15, -0.1) is 0 Å². The van der Waals surface area contributed by atoms with Gasteiger partial charge in [0.2, 0.25) is 11.9 Å². The van der Waals surface area contributed by atoms with Crippen molar-refractivity contribution in [1.82, 2.24) is 52.3 Å². The van der Waals surface area contributed by atoms with Gasteiger partial charge in [0, 0.05) is 109 Å². The molecule has 0 radical (unpaired) electrons. The largest absolute Gasteiger partial charge is 0.309 e. The fraction of sp³-hybridized carbons (Fsp3) is 0. The summed E-state index contributed by atoms with van der Waals surface area (Å²) in [6.45, 7) is 0. The van der Waals surface area contributed by atoms with Crippen LogP contribution in [0, 0.1) is 0 Å². The molecule has 9 aromatic heterocycles. The van der Waals surface area contributed by atoms with E-state index in [1.54, 1.807) is 0 Å². The lowest BCUT2D eigenvalue weighted by Gasteiger charge is -2.13. The Hall–Kier alpha value is -18.5. The van der Waals surface area contributed by atoms with Gasteiger partial charge in [0.1, 0.15) is 5.82 Å². The van der Waals surface area contributed by atoms with Crippen LogP contribution in [0.25, 0.3) is 244 Å². The molecule has 11 heteroatoms. The van der Waals surface area contributed by atoms with Gasteiger partial charge in [-0.3, -0.25) is 13.7 Å². The normalized spacial score (nSPS) is 11.7. The van der Waals surface area contributed by atoms with Crippen molar-refractivity contribution in [3.8, 4) is 102 Å². The first-order valence-corrected chi connectivity index (χ1v) is 46.1. The smallest absolute Gasteiger partial charge is 0.235 e. The second-order valence-electron chi connectivity index (χ2n) is 34.6. The van der Waals surface area contributed by atoms with E-state index < -0.39 is 0 Å². The van der Waals surface area contributed by atoms with Crippen LogP contribution in [0.4, 0.5) is 0 Å². The maximum atomic E-state index is 5.24. The van der Waals surface area contributed by atoms with E-state index in [1.807, 2.05) is 24.3 Å². The van der Waals surface area contributed by atoms with E-state index >= 15 is 0 Å². The fourth-order valence-corrected chi connectivity index (χ4v) is 20.7. The highest BCUT2D eigenvalue weighted by atomic mass is 15.2. The Morgan fingerprint density at radius 1 is 0.132 bits per heavy atom. The summed E-state index contributed by atoms with van der Waals surface area (Å²) in [5, 5.41) is 15.8. The van der Waals surface area contributed by atoms with Gasteiger partial charge in [-0.05, 0) is 162 Å². The number of nitrogens with zero attached hydrogens (tertiary/aromatic N) is 11. The van der Waals surface area contributed by atoms with Gasteiger partial charge in [0.15, 0.2) is 0 Å². The van der Waals surface area contributed by atoms with Crippen molar-refractivity contribution in [2.75, 3.05) is 0 Å². The summed E-state index contributed by atoms with van der Waals surface area (Å²) in [5.74, 6) is 2.22. The second kappa shape index (κ2) is 32.9. The Labute approximate surface area is 782 Å². The van der Waals surface area contributed by atoms with E-state index in [9.17, 15) is 0 Å². The van der Waals surface area contributed by atoms with Gasteiger partial charge in [-0.25, -0.2) is 24.9 Å². The van der Waals surface area contributed by atoms with Crippen LogP contribution in [0.2, 0.25) is 0 Å². The highest BCUT2D eigenvalue weighted by Crippen LogP contribution is 2.45. The molecule has 28 rings (SSSR count). The molecule has 0 saturated carbocycles. The molecule has 0 amide bonds. The number of benzene rings is 19. The SMILES string of the molecule is c1ccc(-c2cc(-c3ccccc3)nc(-n3c4ccccc4c4cc(-n5c6ccccc6c6ccccc65)ccc43)n2)cc1.c1ccc(-c2cc(-c3ccccc3)nc(-n3c4ccccc4c4ccc(-n5c6ccccc6c6ccccc65)cc43)n2)cc1.c1ccc(-c2cc(-n3c4ccccc4c4cc(-c5ccc6c(c5)c5ccccc5n6-c5ccccc5)ccc43)nc3ccccc23)cc1. The minimum absolute atomic E-state index is 0.649. The molecule has 0 aliphatic carbocycles. The molecule has 0 N–H and O–H groups in total. The monoisotopic (exact) mass is 1740 g/mol. The maximum absolute atomic E-state index is 5.24. The fourth-order valence-electron chi connectivity index (χ4n) is 20.7. The van der Waals surface area contributed by atoms with Crippen LogP contribution in [-0.4, -0.2) is 52.3 Å². The molecule has 0 spiro atoms. The Bertz CT molecular complexity index is 9320. The minimum atomic E-state index is 0.649. The van der Waals surface area contributed by atoms with Gasteiger partial charge in [0.05, 0.1) is 94.5 Å². The lowest BCUT2D eigenvalue weighted by Crippen LogP contribution is -2.04. The zero-order valence-electron chi connectivity index (χ0n) is 73.7. The summed E-state index contributed by atoms with van der Waals surface area (Å²) < 4.78 is 13.9. The molecule has 0 aliphatic rings. The molecule has 0 unspecified atom stereocenters. The molecule has 0 aliphatic heterocycles. The summed E-state index contributed by atoms with van der Waals surface area (Å²) in [6.07, 6.45) is 0. The van der Waals surface area contributed by atoms with Crippen molar-refractivity contribution in [3.63, 3.8) is 0 Å². The van der Waals surface area contributed by atoms with Crippen LogP contribution in [0.3, 0.4) is 0 Å². The second-order valence-corrected chi connectivity index (χ2v) is 34.6. The highest BCUT2D eigenvalue weighted by Gasteiger charge is 2.25. The maximum Gasteiger partial charge on any atom is 0.235 e. The predicted molar refractivity (Wildman–Crippen MR) is 564 cm³/mol. The van der Waals surface area contributed by atoms with Crippen LogP contribution in [0.15, 0.2) is 491 Å². The third kappa shape index (κ3) is 13.4. The van der Waals surface area contributed by atoms with Crippen molar-refractivity contribution in [2.45, 2.75) is 0 Å². The van der Waals surface area contributed by atoms with Gasteiger partial charge in [0.25, 0.3) is 0 Å². The van der Waals surface area contributed by atoms with E-state index in [-0.39, 0.29) is 0 Å². The molecular formula is C125H81N11. The van der Waals surface area contributed by atoms with Crippen molar-refractivity contribution < 1.29 is 0 Å².